The van der Waals surface area contributed by atoms with Gasteiger partial charge in [-0.2, -0.15) is 0 Å². The molecule has 0 spiro atoms. The zero-order valence-electron chi connectivity index (χ0n) is 12.6. The van der Waals surface area contributed by atoms with Crippen LogP contribution in [0.2, 0.25) is 6.04 Å². The van der Waals surface area contributed by atoms with Gasteiger partial charge in [-0.3, -0.25) is 0 Å². The second kappa shape index (κ2) is 11.8. The molecule has 19 heavy (non-hydrogen) atoms. The van der Waals surface area contributed by atoms with E-state index >= 15 is 0 Å². The van der Waals surface area contributed by atoms with Crippen LogP contribution in [0, 0.1) is 0 Å². The lowest BCUT2D eigenvalue weighted by Gasteiger charge is -2.26. The van der Waals surface area contributed by atoms with Gasteiger partial charge in [0.15, 0.2) is 6.29 Å². The molecular formula is C14H30O4Si. The third kappa shape index (κ3) is 8.76. The highest BCUT2D eigenvalue weighted by atomic mass is 28.3. The molecule has 1 heterocycles. The van der Waals surface area contributed by atoms with Crippen molar-refractivity contribution in [2.75, 3.05) is 26.4 Å². The number of rotatable bonds is 13. The molecule has 4 nitrogen and oxygen atoms in total. The Morgan fingerprint density at radius 2 is 1.63 bits per heavy atom. The first kappa shape index (κ1) is 17.1. The number of hydrogen-bond donors (Lipinski definition) is 0. The van der Waals surface area contributed by atoms with Gasteiger partial charge in [-0.05, 0) is 26.3 Å². The molecule has 1 rings (SSSR count). The second-order valence-electron chi connectivity index (χ2n) is 4.86. The third-order valence-corrected chi connectivity index (χ3v) is 5.54. The lowest BCUT2D eigenvalue weighted by Crippen LogP contribution is -2.29. The summed E-state index contributed by atoms with van der Waals surface area (Å²) in [7, 11) is -1.35. The van der Waals surface area contributed by atoms with Crippen molar-refractivity contribution in [3.63, 3.8) is 0 Å². The molecule has 0 N–H and O–H groups in total. The summed E-state index contributed by atoms with van der Waals surface area (Å²) in [6.07, 6.45) is 7.38. The van der Waals surface area contributed by atoms with Crippen LogP contribution >= 0.6 is 0 Å². The maximum absolute atomic E-state index is 5.66. The maximum atomic E-state index is 5.66. The SMILES string of the molecule is CCO[SiH](CCCCCCCOC1CCO1)OCC. The van der Waals surface area contributed by atoms with E-state index in [4.69, 9.17) is 18.3 Å². The highest BCUT2D eigenvalue weighted by Gasteiger charge is 2.17. The fourth-order valence-corrected chi connectivity index (χ4v) is 3.89. The summed E-state index contributed by atoms with van der Waals surface area (Å²) in [4.78, 5) is 0. The summed E-state index contributed by atoms with van der Waals surface area (Å²) >= 11 is 0. The molecule has 1 atom stereocenters. The Balaban J connectivity index is 1.80. The molecule has 0 radical (unpaired) electrons. The quantitative estimate of drug-likeness (QED) is 0.386. The van der Waals surface area contributed by atoms with Crippen LogP contribution in [0.25, 0.3) is 0 Å². The Bertz CT molecular complexity index is 194. The highest BCUT2D eigenvalue weighted by Crippen LogP contribution is 2.14. The molecule has 0 aliphatic carbocycles. The van der Waals surface area contributed by atoms with E-state index in [1.807, 2.05) is 13.8 Å². The van der Waals surface area contributed by atoms with Crippen molar-refractivity contribution in [3.8, 4) is 0 Å². The number of unbranched alkanes of at least 4 members (excludes halogenated alkanes) is 4. The first-order valence-electron chi connectivity index (χ1n) is 7.83. The van der Waals surface area contributed by atoms with Crippen LogP contribution in [0.1, 0.15) is 52.4 Å². The van der Waals surface area contributed by atoms with E-state index in [1.165, 1.54) is 25.7 Å². The van der Waals surface area contributed by atoms with Gasteiger partial charge >= 0.3 is 9.28 Å². The lowest BCUT2D eigenvalue weighted by molar-refractivity contribution is -0.214. The van der Waals surface area contributed by atoms with Crippen molar-refractivity contribution in [2.24, 2.45) is 0 Å². The van der Waals surface area contributed by atoms with E-state index in [9.17, 15) is 0 Å². The fourth-order valence-electron chi connectivity index (χ4n) is 2.09. The van der Waals surface area contributed by atoms with Crippen molar-refractivity contribution < 1.29 is 18.3 Å². The van der Waals surface area contributed by atoms with Crippen molar-refractivity contribution in [1.29, 1.82) is 0 Å². The average Bonchev–Trinajstić information content (AvgIpc) is 2.35. The Morgan fingerprint density at radius 1 is 1.00 bits per heavy atom. The zero-order chi connectivity index (χ0) is 13.8. The van der Waals surface area contributed by atoms with Gasteiger partial charge in [0.05, 0.1) is 6.61 Å². The van der Waals surface area contributed by atoms with Crippen molar-refractivity contribution >= 4 is 9.28 Å². The van der Waals surface area contributed by atoms with Crippen LogP contribution in [-0.2, 0) is 18.3 Å². The first-order chi connectivity index (χ1) is 9.36. The monoisotopic (exact) mass is 290 g/mol. The summed E-state index contributed by atoms with van der Waals surface area (Å²) in [6.45, 7) is 7.39. The largest absolute Gasteiger partial charge is 0.397 e. The lowest BCUT2D eigenvalue weighted by atomic mass is 10.2. The molecule has 1 unspecified atom stereocenters. The van der Waals surface area contributed by atoms with Gasteiger partial charge in [0.25, 0.3) is 0 Å². The van der Waals surface area contributed by atoms with Crippen molar-refractivity contribution in [1.82, 2.24) is 0 Å². The predicted molar refractivity (Wildman–Crippen MR) is 78.6 cm³/mol. The molecule has 0 aromatic rings. The van der Waals surface area contributed by atoms with E-state index in [2.05, 4.69) is 0 Å². The smallest absolute Gasteiger partial charge is 0.321 e. The molecule has 1 aliphatic rings. The second-order valence-corrected chi connectivity index (χ2v) is 6.96. The van der Waals surface area contributed by atoms with E-state index in [-0.39, 0.29) is 6.29 Å². The fraction of sp³-hybridized carbons (Fsp3) is 1.00. The molecule has 1 aliphatic heterocycles. The molecule has 0 bridgehead atoms. The average molecular weight is 290 g/mol. The Hall–Kier alpha value is 0.0569. The molecular weight excluding hydrogens is 260 g/mol. The first-order valence-corrected chi connectivity index (χ1v) is 9.59. The van der Waals surface area contributed by atoms with Gasteiger partial charge < -0.3 is 18.3 Å². The minimum absolute atomic E-state index is 0.101. The van der Waals surface area contributed by atoms with Gasteiger partial charge in [0.1, 0.15) is 0 Å². The molecule has 1 saturated heterocycles. The van der Waals surface area contributed by atoms with Crippen LogP contribution in [0.4, 0.5) is 0 Å². The van der Waals surface area contributed by atoms with Crippen LogP contribution < -0.4 is 0 Å². The van der Waals surface area contributed by atoms with Crippen LogP contribution in [0.5, 0.6) is 0 Å². The molecule has 0 aromatic carbocycles. The number of ether oxygens (including phenoxy) is 2. The number of hydrogen-bond acceptors (Lipinski definition) is 4. The summed E-state index contributed by atoms with van der Waals surface area (Å²) in [5.74, 6) is 0. The van der Waals surface area contributed by atoms with E-state index in [0.29, 0.717) is 0 Å². The van der Waals surface area contributed by atoms with Crippen LogP contribution in [0.15, 0.2) is 0 Å². The van der Waals surface area contributed by atoms with Gasteiger partial charge in [-0.15, -0.1) is 0 Å². The van der Waals surface area contributed by atoms with E-state index in [0.717, 1.165) is 45.3 Å². The van der Waals surface area contributed by atoms with Gasteiger partial charge in [-0.25, -0.2) is 0 Å². The van der Waals surface area contributed by atoms with E-state index < -0.39 is 9.28 Å². The Labute approximate surface area is 119 Å². The highest BCUT2D eigenvalue weighted by molar-refractivity contribution is 6.44. The molecule has 0 amide bonds. The van der Waals surface area contributed by atoms with Crippen LogP contribution in [0.3, 0.4) is 0 Å². The molecule has 5 heteroatoms. The van der Waals surface area contributed by atoms with Gasteiger partial charge in [0, 0.05) is 26.2 Å². The van der Waals surface area contributed by atoms with E-state index in [1.54, 1.807) is 0 Å². The summed E-state index contributed by atoms with van der Waals surface area (Å²) in [5.41, 5.74) is 0. The molecule has 0 aromatic heterocycles. The molecule has 1 fully saturated rings. The molecule has 0 saturated carbocycles. The standard InChI is InChI=1S/C14H30O4Si/c1-3-17-19(18-4-2)13-9-7-5-6-8-11-15-14-10-12-16-14/h14,19H,3-13H2,1-2H3. The minimum atomic E-state index is -1.35. The third-order valence-electron chi connectivity index (χ3n) is 3.25. The minimum Gasteiger partial charge on any atom is -0.397 e. The Kier molecular flexibility index (Phi) is 10.7. The van der Waals surface area contributed by atoms with Crippen molar-refractivity contribution in [3.05, 3.63) is 0 Å². The Morgan fingerprint density at radius 3 is 2.21 bits per heavy atom. The zero-order valence-corrected chi connectivity index (χ0v) is 13.7. The van der Waals surface area contributed by atoms with Crippen LogP contribution in [-0.4, -0.2) is 42.0 Å². The summed E-state index contributed by atoms with van der Waals surface area (Å²) in [5, 5.41) is 0. The maximum Gasteiger partial charge on any atom is 0.321 e. The van der Waals surface area contributed by atoms with Crippen molar-refractivity contribution in [2.45, 2.75) is 64.7 Å². The molecule has 114 valence electrons. The topological polar surface area (TPSA) is 36.9 Å². The van der Waals surface area contributed by atoms with Gasteiger partial charge in [-0.1, -0.05) is 25.7 Å². The predicted octanol–water partition coefficient (Wildman–Crippen LogP) is 2.99. The normalized spacial score (nSPS) is 18.8. The van der Waals surface area contributed by atoms with Gasteiger partial charge in [0.2, 0.25) is 0 Å². The summed E-state index contributed by atoms with van der Waals surface area (Å²) in [6, 6.07) is 1.15. The summed E-state index contributed by atoms with van der Waals surface area (Å²) < 4.78 is 22.0.